The summed E-state index contributed by atoms with van der Waals surface area (Å²) >= 11 is 2.91. The molecule has 8 heteroatoms. The van der Waals surface area contributed by atoms with Crippen LogP contribution in [0.4, 0.5) is 4.39 Å². The number of benzene rings is 1. The number of carbonyl (C=O) groups is 1. The topological polar surface area (TPSA) is 86.5 Å². The van der Waals surface area contributed by atoms with Crippen LogP contribution in [0.2, 0.25) is 0 Å². The Morgan fingerprint density at radius 2 is 2.00 bits per heavy atom. The highest BCUT2D eigenvalue weighted by Gasteiger charge is 2.23. The van der Waals surface area contributed by atoms with Gasteiger partial charge in [-0.2, -0.15) is 0 Å². The van der Waals surface area contributed by atoms with Gasteiger partial charge in [0.15, 0.2) is 0 Å². The molecule has 0 bridgehead atoms. The van der Waals surface area contributed by atoms with E-state index in [1.807, 2.05) is 0 Å². The molecule has 1 fully saturated rings. The highest BCUT2D eigenvalue weighted by molar-refractivity contribution is 9.10. The normalized spacial score (nSPS) is 16.1. The second-order valence-corrected chi connectivity index (χ2v) is 7.44. The van der Waals surface area contributed by atoms with Gasteiger partial charge in [0, 0.05) is 4.47 Å². The van der Waals surface area contributed by atoms with Crippen LogP contribution in [0, 0.1) is 11.7 Å². The molecule has 1 aliphatic carbocycles. The molecule has 0 unspecified atom stereocenters. The standard InChI is InChI=1S/C13H15BrFNO4S/c14-10-6-11(15)9(5-12(10)21(16,18)19)13(17)20-7-8-3-1-2-4-8/h5-6,8H,1-4,7H2,(H2,16,18,19). The van der Waals surface area contributed by atoms with Crippen molar-refractivity contribution in [1.82, 2.24) is 0 Å². The average Bonchev–Trinajstić information content (AvgIpc) is 2.87. The summed E-state index contributed by atoms with van der Waals surface area (Å²) in [4.78, 5) is 11.5. The summed E-state index contributed by atoms with van der Waals surface area (Å²) in [5.41, 5.74) is -0.430. The van der Waals surface area contributed by atoms with Gasteiger partial charge < -0.3 is 4.74 Å². The summed E-state index contributed by atoms with van der Waals surface area (Å²) in [6.07, 6.45) is 4.17. The van der Waals surface area contributed by atoms with E-state index in [1.54, 1.807) is 0 Å². The third kappa shape index (κ3) is 4.02. The fraction of sp³-hybridized carbons (Fsp3) is 0.462. The fourth-order valence-electron chi connectivity index (χ4n) is 2.35. The Bertz CT molecular complexity index is 656. The van der Waals surface area contributed by atoms with Crippen molar-refractivity contribution in [2.75, 3.05) is 6.61 Å². The number of sulfonamides is 1. The van der Waals surface area contributed by atoms with E-state index in [0.717, 1.165) is 37.8 Å². The predicted molar refractivity (Wildman–Crippen MR) is 77.7 cm³/mol. The van der Waals surface area contributed by atoms with Crippen LogP contribution in [0.15, 0.2) is 21.5 Å². The largest absolute Gasteiger partial charge is 0.462 e. The Labute approximate surface area is 130 Å². The number of ether oxygens (including phenoxy) is 1. The number of esters is 1. The van der Waals surface area contributed by atoms with E-state index in [1.165, 1.54) is 0 Å². The SMILES string of the molecule is NS(=O)(=O)c1cc(C(=O)OCC2CCCC2)c(F)cc1Br. The second-order valence-electron chi connectivity index (χ2n) is 5.06. The molecule has 21 heavy (non-hydrogen) atoms. The first-order valence-electron chi connectivity index (χ1n) is 6.48. The Morgan fingerprint density at radius 3 is 2.57 bits per heavy atom. The molecule has 5 nitrogen and oxygen atoms in total. The molecule has 0 atom stereocenters. The zero-order valence-corrected chi connectivity index (χ0v) is 13.5. The van der Waals surface area contributed by atoms with Gasteiger partial charge in [-0.05, 0) is 46.8 Å². The maximum absolute atomic E-state index is 13.8. The molecule has 1 aromatic rings. The van der Waals surface area contributed by atoms with Crippen molar-refractivity contribution in [3.8, 4) is 0 Å². The van der Waals surface area contributed by atoms with Crippen molar-refractivity contribution in [1.29, 1.82) is 0 Å². The van der Waals surface area contributed by atoms with Gasteiger partial charge in [-0.25, -0.2) is 22.7 Å². The number of hydrogen-bond donors (Lipinski definition) is 1. The number of rotatable bonds is 4. The third-order valence-corrected chi connectivity index (χ3v) is 5.34. The molecule has 116 valence electrons. The van der Waals surface area contributed by atoms with Crippen molar-refractivity contribution < 1.29 is 22.3 Å². The number of carbonyl (C=O) groups excluding carboxylic acids is 1. The third-order valence-electron chi connectivity index (χ3n) is 3.47. The van der Waals surface area contributed by atoms with E-state index in [0.29, 0.717) is 5.92 Å². The highest BCUT2D eigenvalue weighted by atomic mass is 79.9. The minimum atomic E-state index is -4.06. The monoisotopic (exact) mass is 379 g/mol. The quantitative estimate of drug-likeness (QED) is 0.814. The average molecular weight is 380 g/mol. The Balaban J connectivity index is 2.20. The van der Waals surface area contributed by atoms with Gasteiger partial charge in [-0.1, -0.05) is 12.8 Å². The van der Waals surface area contributed by atoms with Gasteiger partial charge >= 0.3 is 5.97 Å². The van der Waals surface area contributed by atoms with E-state index < -0.39 is 27.4 Å². The van der Waals surface area contributed by atoms with Crippen LogP contribution in [0.3, 0.4) is 0 Å². The fourth-order valence-corrected chi connectivity index (χ4v) is 3.96. The molecule has 1 saturated carbocycles. The summed E-state index contributed by atoms with van der Waals surface area (Å²) in [5.74, 6) is -1.44. The molecule has 0 saturated heterocycles. The molecule has 0 heterocycles. The van der Waals surface area contributed by atoms with E-state index in [4.69, 9.17) is 9.88 Å². The van der Waals surface area contributed by atoms with Gasteiger partial charge in [-0.15, -0.1) is 0 Å². The Kier molecular flexibility index (Phi) is 5.00. The smallest absolute Gasteiger partial charge is 0.341 e. The van der Waals surface area contributed by atoms with Crippen LogP contribution < -0.4 is 5.14 Å². The van der Waals surface area contributed by atoms with Gasteiger partial charge in [0.2, 0.25) is 10.0 Å². The number of primary sulfonamides is 1. The van der Waals surface area contributed by atoms with Crippen LogP contribution >= 0.6 is 15.9 Å². The number of hydrogen-bond acceptors (Lipinski definition) is 4. The molecule has 0 spiro atoms. The van der Waals surface area contributed by atoms with Crippen molar-refractivity contribution in [2.45, 2.75) is 30.6 Å². The van der Waals surface area contributed by atoms with E-state index in [-0.39, 0.29) is 16.0 Å². The Morgan fingerprint density at radius 1 is 1.38 bits per heavy atom. The Hall–Kier alpha value is -0.990. The van der Waals surface area contributed by atoms with Gasteiger partial charge in [0.1, 0.15) is 5.82 Å². The van der Waals surface area contributed by atoms with Crippen molar-refractivity contribution in [3.05, 3.63) is 28.0 Å². The first kappa shape index (κ1) is 16.4. The number of nitrogens with two attached hydrogens (primary N) is 1. The molecule has 2 rings (SSSR count). The minimum Gasteiger partial charge on any atom is -0.462 e. The zero-order chi connectivity index (χ0) is 15.6. The lowest BCUT2D eigenvalue weighted by Gasteiger charge is -2.11. The van der Waals surface area contributed by atoms with Crippen LogP contribution in [0.1, 0.15) is 36.0 Å². The summed E-state index contributed by atoms with van der Waals surface area (Å²) < 4.78 is 41.6. The molecule has 2 N–H and O–H groups in total. The summed E-state index contributed by atoms with van der Waals surface area (Å²) in [6.45, 7) is 0.221. The van der Waals surface area contributed by atoms with E-state index in [9.17, 15) is 17.6 Å². The van der Waals surface area contributed by atoms with E-state index in [2.05, 4.69) is 15.9 Å². The van der Waals surface area contributed by atoms with Crippen LogP contribution in [-0.4, -0.2) is 21.0 Å². The van der Waals surface area contributed by atoms with Crippen LogP contribution in [-0.2, 0) is 14.8 Å². The zero-order valence-electron chi connectivity index (χ0n) is 11.1. The van der Waals surface area contributed by atoms with Gasteiger partial charge in [0.05, 0.1) is 17.1 Å². The molecule has 0 aliphatic heterocycles. The molecular weight excluding hydrogens is 365 g/mol. The predicted octanol–water partition coefficient (Wildman–Crippen LogP) is 2.58. The highest BCUT2D eigenvalue weighted by Crippen LogP contribution is 2.27. The summed E-state index contributed by atoms with van der Waals surface area (Å²) in [7, 11) is -4.06. The van der Waals surface area contributed by atoms with Gasteiger partial charge in [-0.3, -0.25) is 0 Å². The molecule has 0 amide bonds. The maximum Gasteiger partial charge on any atom is 0.341 e. The molecule has 0 aromatic heterocycles. The summed E-state index contributed by atoms with van der Waals surface area (Å²) in [6, 6.07) is 1.79. The molecule has 0 radical (unpaired) electrons. The molecule has 1 aromatic carbocycles. The van der Waals surface area contributed by atoms with Crippen molar-refractivity contribution >= 4 is 31.9 Å². The lowest BCUT2D eigenvalue weighted by molar-refractivity contribution is 0.0437. The van der Waals surface area contributed by atoms with Crippen molar-refractivity contribution in [2.24, 2.45) is 11.1 Å². The second kappa shape index (κ2) is 6.41. The lowest BCUT2D eigenvalue weighted by Crippen LogP contribution is -2.17. The maximum atomic E-state index is 13.8. The van der Waals surface area contributed by atoms with E-state index >= 15 is 0 Å². The molecule has 1 aliphatic rings. The first-order valence-corrected chi connectivity index (χ1v) is 8.82. The minimum absolute atomic E-state index is 0.0326. The molecular formula is C13H15BrFNO4S. The first-order chi connectivity index (χ1) is 9.79. The van der Waals surface area contributed by atoms with Crippen LogP contribution in [0.5, 0.6) is 0 Å². The summed E-state index contributed by atoms with van der Waals surface area (Å²) in [5, 5.41) is 5.02. The lowest BCUT2D eigenvalue weighted by atomic mass is 10.1. The van der Waals surface area contributed by atoms with Gasteiger partial charge in [0.25, 0.3) is 0 Å². The van der Waals surface area contributed by atoms with Crippen molar-refractivity contribution in [3.63, 3.8) is 0 Å². The number of halogens is 2. The van der Waals surface area contributed by atoms with Crippen LogP contribution in [0.25, 0.3) is 0 Å².